The number of nitrogens with one attached hydrogen (secondary N) is 1. The third-order valence-electron chi connectivity index (χ3n) is 5.29. The molecule has 0 aliphatic carbocycles. The van der Waals surface area contributed by atoms with Gasteiger partial charge in [0.1, 0.15) is 0 Å². The average Bonchev–Trinajstić information content (AvgIpc) is 3.27. The van der Waals surface area contributed by atoms with E-state index >= 15 is 0 Å². The molecule has 29 heavy (non-hydrogen) atoms. The van der Waals surface area contributed by atoms with Gasteiger partial charge in [0.05, 0.1) is 12.0 Å². The van der Waals surface area contributed by atoms with Crippen molar-refractivity contribution in [3.63, 3.8) is 0 Å². The second kappa shape index (κ2) is 8.67. The third-order valence-corrected chi connectivity index (χ3v) is 6.23. The van der Waals surface area contributed by atoms with Crippen molar-refractivity contribution < 1.29 is 9.59 Å². The number of benzene rings is 1. The Morgan fingerprint density at radius 3 is 2.52 bits per heavy atom. The monoisotopic (exact) mass is 413 g/mol. The van der Waals surface area contributed by atoms with Crippen LogP contribution in [0.2, 0.25) is 0 Å². The number of carbonyl (C=O) groups is 2. The summed E-state index contributed by atoms with van der Waals surface area (Å²) in [6, 6.07) is 11.7. The summed E-state index contributed by atoms with van der Waals surface area (Å²) in [6.07, 6.45) is 0.233. The molecule has 2 amide bonds. The minimum Gasteiger partial charge on any atom is -0.355 e. The Kier molecular flexibility index (Phi) is 6.44. The zero-order valence-corrected chi connectivity index (χ0v) is 18.8. The van der Waals surface area contributed by atoms with Gasteiger partial charge in [-0.2, -0.15) is 0 Å². The molecule has 5 nitrogen and oxygen atoms in total. The molecule has 2 aromatic rings. The van der Waals surface area contributed by atoms with Gasteiger partial charge in [-0.3, -0.25) is 9.59 Å². The van der Waals surface area contributed by atoms with Gasteiger partial charge in [0.2, 0.25) is 11.8 Å². The molecule has 2 atom stereocenters. The number of nitrogens with zero attached hydrogens (tertiary/aromatic N) is 2. The molecule has 1 fully saturated rings. The maximum atomic E-state index is 13.2. The van der Waals surface area contributed by atoms with Gasteiger partial charge in [0.15, 0.2) is 0 Å². The van der Waals surface area contributed by atoms with E-state index < -0.39 is 5.92 Å². The normalized spacial score (nSPS) is 19.8. The van der Waals surface area contributed by atoms with Gasteiger partial charge in [-0.15, -0.1) is 11.3 Å². The van der Waals surface area contributed by atoms with Crippen LogP contribution >= 0.6 is 11.3 Å². The summed E-state index contributed by atoms with van der Waals surface area (Å²) < 4.78 is 0. The molecule has 1 saturated heterocycles. The minimum absolute atomic E-state index is 0.0000419. The summed E-state index contributed by atoms with van der Waals surface area (Å²) in [5.41, 5.74) is 1.95. The lowest BCUT2D eigenvalue weighted by Gasteiger charge is -2.30. The summed E-state index contributed by atoms with van der Waals surface area (Å²) in [5.74, 6) is -0.434. The van der Waals surface area contributed by atoms with E-state index in [0.29, 0.717) is 6.54 Å². The van der Waals surface area contributed by atoms with Crippen LogP contribution in [0.5, 0.6) is 0 Å². The van der Waals surface area contributed by atoms with Crippen LogP contribution < -0.4 is 10.2 Å². The first-order chi connectivity index (χ1) is 13.7. The van der Waals surface area contributed by atoms with E-state index in [1.807, 2.05) is 62.8 Å². The standard InChI is InChI=1S/C23H31N3O2S/c1-16-8-10-17(11-9-16)26-20(27)13-18(21(26)19-7-6-12-29-19)22(28)24-14-23(2,3)15-25(4)5/h6-12,18,21H,13-15H2,1-5H3,(H,24,28). The predicted octanol–water partition coefficient (Wildman–Crippen LogP) is 3.85. The molecule has 1 aliphatic heterocycles. The van der Waals surface area contributed by atoms with Crippen molar-refractivity contribution in [2.75, 3.05) is 32.1 Å². The van der Waals surface area contributed by atoms with E-state index in [1.54, 1.807) is 16.2 Å². The number of rotatable bonds is 7. The van der Waals surface area contributed by atoms with Gasteiger partial charge in [-0.05, 0) is 50.0 Å². The molecule has 0 radical (unpaired) electrons. The number of thiophene rings is 1. The van der Waals surface area contributed by atoms with Crippen LogP contribution in [-0.2, 0) is 9.59 Å². The highest BCUT2D eigenvalue weighted by Gasteiger charge is 2.45. The van der Waals surface area contributed by atoms with Crippen molar-refractivity contribution in [2.45, 2.75) is 33.2 Å². The number of hydrogen-bond donors (Lipinski definition) is 1. The maximum Gasteiger partial charge on any atom is 0.228 e. The Hall–Kier alpha value is -2.18. The van der Waals surface area contributed by atoms with Crippen LogP contribution in [0.1, 0.15) is 36.8 Å². The number of hydrogen-bond acceptors (Lipinski definition) is 4. The number of anilines is 1. The van der Waals surface area contributed by atoms with E-state index in [4.69, 9.17) is 0 Å². The van der Waals surface area contributed by atoms with E-state index in [9.17, 15) is 9.59 Å². The van der Waals surface area contributed by atoms with Crippen molar-refractivity contribution in [3.05, 3.63) is 52.2 Å². The van der Waals surface area contributed by atoms with E-state index in [0.717, 1.165) is 22.7 Å². The Labute approximate surface area is 177 Å². The van der Waals surface area contributed by atoms with Gasteiger partial charge in [-0.1, -0.05) is 37.6 Å². The maximum absolute atomic E-state index is 13.2. The first kappa shape index (κ1) is 21.5. The molecule has 6 heteroatoms. The third kappa shape index (κ3) is 5.06. The van der Waals surface area contributed by atoms with Crippen LogP contribution in [-0.4, -0.2) is 43.9 Å². The molecule has 0 saturated carbocycles. The predicted molar refractivity (Wildman–Crippen MR) is 119 cm³/mol. The molecule has 1 aromatic carbocycles. The van der Waals surface area contributed by atoms with Crippen molar-refractivity contribution in [3.8, 4) is 0 Å². The van der Waals surface area contributed by atoms with Gasteiger partial charge < -0.3 is 15.1 Å². The van der Waals surface area contributed by atoms with Gasteiger partial charge in [0.25, 0.3) is 0 Å². The van der Waals surface area contributed by atoms with E-state index in [2.05, 4.69) is 24.1 Å². The Morgan fingerprint density at radius 2 is 1.93 bits per heavy atom. The zero-order chi connectivity index (χ0) is 21.2. The SMILES string of the molecule is Cc1ccc(N2C(=O)CC(C(=O)NCC(C)(C)CN(C)C)C2c2cccs2)cc1. The number of amides is 2. The highest BCUT2D eigenvalue weighted by molar-refractivity contribution is 7.10. The molecular weight excluding hydrogens is 382 g/mol. The smallest absolute Gasteiger partial charge is 0.228 e. The van der Waals surface area contributed by atoms with Crippen LogP contribution in [0.25, 0.3) is 0 Å². The molecular formula is C23H31N3O2S. The molecule has 2 unspecified atom stereocenters. The summed E-state index contributed by atoms with van der Waals surface area (Å²) in [4.78, 5) is 31.1. The lowest BCUT2D eigenvalue weighted by atomic mass is 9.91. The van der Waals surface area contributed by atoms with Gasteiger partial charge >= 0.3 is 0 Å². The first-order valence-electron chi connectivity index (χ1n) is 10.0. The molecule has 2 heterocycles. The Balaban J connectivity index is 1.83. The molecule has 0 spiro atoms. The fraction of sp³-hybridized carbons (Fsp3) is 0.478. The second-order valence-corrected chi connectivity index (χ2v) is 9.97. The molecule has 0 bridgehead atoms. The van der Waals surface area contributed by atoms with Crippen molar-refractivity contribution >= 4 is 28.8 Å². The topological polar surface area (TPSA) is 52.7 Å². The molecule has 3 rings (SSSR count). The van der Waals surface area contributed by atoms with Crippen LogP contribution in [0, 0.1) is 18.3 Å². The summed E-state index contributed by atoms with van der Waals surface area (Å²) in [7, 11) is 4.07. The van der Waals surface area contributed by atoms with E-state index in [-0.39, 0.29) is 29.7 Å². The summed E-state index contributed by atoms with van der Waals surface area (Å²) >= 11 is 1.60. The van der Waals surface area contributed by atoms with Crippen molar-refractivity contribution in [1.29, 1.82) is 0 Å². The van der Waals surface area contributed by atoms with Gasteiger partial charge in [-0.25, -0.2) is 0 Å². The lowest BCUT2D eigenvalue weighted by molar-refractivity contribution is -0.127. The summed E-state index contributed by atoms with van der Waals surface area (Å²) in [6.45, 7) is 7.76. The fourth-order valence-electron chi connectivity index (χ4n) is 4.13. The second-order valence-electron chi connectivity index (χ2n) is 8.99. The number of aryl methyl sites for hydroxylation is 1. The Bertz CT molecular complexity index is 844. The molecule has 1 aromatic heterocycles. The lowest BCUT2D eigenvalue weighted by Crippen LogP contribution is -2.43. The number of carbonyl (C=O) groups excluding carboxylic acids is 2. The van der Waals surface area contributed by atoms with Crippen molar-refractivity contribution in [1.82, 2.24) is 10.2 Å². The average molecular weight is 414 g/mol. The first-order valence-corrected chi connectivity index (χ1v) is 10.9. The molecule has 1 N–H and O–H groups in total. The summed E-state index contributed by atoms with van der Waals surface area (Å²) in [5, 5.41) is 5.12. The fourth-order valence-corrected chi connectivity index (χ4v) is 5.01. The molecule has 1 aliphatic rings. The highest BCUT2D eigenvalue weighted by atomic mass is 32.1. The zero-order valence-electron chi connectivity index (χ0n) is 17.9. The van der Waals surface area contributed by atoms with Crippen LogP contribution in [0.3, 0.4) is 0 Å². The highest BCUT2D eigenvalue weighted by Crippen LogP contribution is 2.43. The molecule has 156 valence electrons. The largest absolute Gasteiger partial charge is 0.355 e. The van der Waals surface area contributed by atoms with Gasteiger partial charge in [0, 0.05) is 30.1 Å². The van der Waals surface area contributed by atoms with Crippen LogP contribution in [0.15, 0.2) is 41.8 Å². The quantitative estimate of drug-likeness (QED) is 0.750. The van der Waals surface area contributed by atoms with Crippen LogP contribution in [0.4, 0.5) is 5.69 Å². The van der Waals surface area contributed by atoms with E-state index in [1.165, 1.54) is 0 Å². The Morgan fingerprint density at radius 1 is 1.24 bits per heavy atom. The minimum atomic E-state index is -0.391. The van der Waals surface area contributed by atoms with Crippen molar-refractivity contribution in [2.24, 2.45) is 11.3 Å².